The van der Waals surface area contributed by atoms with Gasteiger partial charge in [0.25, 0.3) is 0 Å². The Morgan fingerprint density at radius 3 is 2.57 bits per heavy atom. The highest BCUT2D eigenvalue weighted by molar-refractivity contribution is 5.69. The van der Waals surface area contributed by atoms with Crippen molar-refractivity contribution in [2.45, 2.75) is 77.6 Å². The molecule has 28 heavy (non-hydrogen) atoms. The fraction of sp³-hybridized carbons (Fsp3) is 0.708. The average molecular weight is 390 g/mol. The molecule has 1 unspecified atom stereocenters. The van der Waals surface area contributed by atoms with Crippen LogP contribution in [0.4, 0.5) is 0 Å². The van der Waals surface area contributed by atoms with Gasteiger partial charge in [-0.3, -0.25) is 4.79 Å². The van der Waals surface area contributed by atoms with Gasteiger partial charge in [-0.2, -0.15) is 0 Å². The summed E-state index contributed by atoms with van der Waals surface area (Å²) in [7, 11) is 0. The summed E-state index contributed by atoms with van der Waals surface area (Å²) < 4.78 is 10.9. The highest BCUT2D eigenvalue weighted by Crippen LogP contribution is 2.28. The van der Waals surface area contributed by atoms with Crippen LogP contribution in [0.2, 0.25) is 0 Å². The van der Waals surface area contributed by atoms with Gasteiger partial charge in [-0.25, -0.2) is 0 Å². The van der Waals surface area contributed by atoms with Gasteiger partial charge in [-0.05, 0) is 56.3 Å². The molecule has 1 aliphatic heterocycles. The Balaban J connectivity index is 1.69. The van der Waals surface area contributed by atoms with Crippen LogP contribution in [0.3, 0.4) is 0 Å². The Morgan fingerprint density at radius 2 is 1.82 bits per heavy atom. The number of benzene rings is 1. The molecule has 0 spiro atoms. The first-order chi connectivity index (χ1) is 13.7. The zero-order valence-electron chi connectivity index (χ0n) is 18.0. The molecule has 4 nitrogen and oxygen atoms in total. The summed E-state index contributed by atoms with van der Waals surface area (Å²) in [6.07, 6.45) is 10.6. The van der Waals surface area contributed by atoms with Gasteiger partial charge in [0.2, 0.25) is 0 Å². The second kappa shape index (κ2) is 13.6. The number of likely N-dealkylation sites (tertiary alicyclic amines) is 1. The smallest absolute Gasteiger partial charge is 0.307 e. The van der Waals surface area contributed by atoms with Gasteiger partial charge in [0.1, 0.15) is 5.75 Å². The van der Waals surface area contributed by atoms with Crippen molar-refractivity contribution in [1.82, 2.24) is 4.90 Å². The Hall–Kier alpha value is -1.55. The lowest BCUT2D eigenvalue weighted by atomic mass is 9.90. The average Bonchev–Trinajstić information content (AvgIpc) is 2.72. The highest BCUT2D eigenvalue weighted by Gasteiger charge is 2.21. The van der Waals surface area contributed by atoms with Gasteiger partial charge in [0, 0.05) is 13.1 Å². The largest absolute Gasteiger partial charge is 0.494 e. The number of nitrogens with zero attached hydrogens (tertiary/aromatic N) is 1. The van der Waals surface area contributed by atoms with E-state index in [1.54, 1.807) is 0 Å². The summed E-state index contributed by atoms with van der Waals surface area (Å²) in [6.45, 7) is 8.30. The van der Waals surface area contributed by atoms with Crippen LogP contribution in [0.15, 0.2) is 24.3 Å². The molecule has 1 aliphatic rings. The second-order valence-electron chi connectivity index (χ2n) is 7.88. The molecule has 0 amide bonds. The monoisotopic (exact) mass is 389 g/mol. The van der Waals surface area contributed by atoms with E-state index >= 15 is 0 Å². The van der Waals surface area contributed by atoms with Crippen LogP contribution in [0.1, 0.15) is 83.1 Å². The Kier molecular flexibility index (Phi) is 11.0. The number of unbranched alkanes of at least 4 members (excludes halogenated alkanes) is 5. The molecular formula is C24H39NO3. The molecule has 1 aromatic rings. The minimum Gasteiger partial charge on any atom is -0.494 e. The molecule has 0 N–H and O–H groups in total. The van der Waals surface area contributed by atoms with E-state index in [0.29, 0.717) is 18.9 Å². The van der Waals surface area contributed by atoms with E-state index in [9.17, 15) is 4.79 Å². The minimum absolute atomic E-state index is 0.0866. The molecule has 1 fully saturated rings. The van der Waals surface area contributed by atoms with Gasteiger partial charge in [-0.15, -0.1) is 0 Å². The number of hydrogen-bond donors (Lipinski definition) is 0. The SMILES string of the molecule is CCCCCCCCOc1ccc(C2CCCN(CCC(=O)OCC)C2)cc1. The number of piperidine rings is 1. The summed E-state index contributed by atoms with van der Waals surface area (Å²) in [6, 6.07) is 8.67. The summed E-state index contributed by atoms with van der Waals surface area (Å²) in [5.41, 5.74) is 1.38. The Morgan fingerprint density at radius 1 is 1.07 bits per heavy atom. The second-order valence-corrected chi connectivity index (χ2v) is 7.88. The van der Waals surface area contributed by atoms with Crippen molar-refractivity contribution in [2.24, 2.45) is 0 Å². The van der Waals surface area contributed by atoms with E-state index in [2.05, 4.69) is 36.1 Å². The molecule has 1 heterocycles. The van der Waals surface area contributed by atoms with Crippen LogP contribution in [0, 0.1) is 0 Å². The molecule has 0 radical (unpaired) electrons. The number of hydrogen-bond acceptors (Lipinski definition) is 4. The molecule has 1 atom stereocenters. The molecule has 2 rings (SSSR count). The number of rotatable bonds is 13. The maximum atomic E-state index is 11.6. The molecule has 1 aromatic carbocycles. The molecule has 0 aliphatic carbocycles. The van der Waals surface area contributed by atoms with Gasteiger partial charge in [0.05, 0.1) is 19.6 Å². The lowest BCUT2D eigenvalue weighted by Crippen LogP contribution is -2.36. The van der Waals surface area contributed by atoms with Gasteiger partial charge >= 0.3 is 5.97 Å². The molecule has 1 saturated heterocycles. The zero-order valence-corrected chi connectivity index (χ0v) is 18.0. The first-order valence-electron chi connectivity index (χ1n) is 11.3. The van der Waals surface area contributed by atoms with Crippen LogP contribution in [0.5, 0.6) is 5.75 Å². The third kappa shape index (κ3) is 8.64. The van der Waals surface area contributed by atoms with Crippen LogP contribution < -0.4 is 4.74 Å². The summed E-state index contributed by atoms with van der Waals surface area (Å²) in [4.78, 5) is 14.0. The lowest BCUT2D eigenvalue weighted by molar-refractivity contribution is -0.143. The topological polar surface area (TPSA) is 38.8 Å². The van der Waals surface area contributed by atoms with Gasteiger partial charge in [-0.1, -0.05) is 51.2 Å². The normalized spacial score (nSPS) is 17.4. The molecule has 0 saturated carbocycles. The van der Waals surface area contributed by atoms with E-state index in [-0.39, 0.29) is 5.97 Å². The van der Waals surface area contributed by atoms with E-state index in [4.69, 9.17) is 9.47 Å². The Bertz CT molecular complexity index is 543. The molecule has 4 heteroatoms. The quantitative estimate of drug-likeness (QED) is 0.327. The van der Waals surface area contributed by atoms with Crippen molar-refractivity contribution in [1.29, 1.82) is 0 Å². The fourth-order valence-electron chi connectivity index (χ4n) is 3.92. The third-order valence-corrected chi connectivity index (χ3v) is 5.56. The van der Waals surface area contributed by atoms with Crippen molar-refractivity contribution >= 4 is 5.97 Å². The predicted octanol–water partition coefficient (Wildman–Crippen LogP) is 5.56. The minimum atomic E-state index is -0.0866. The van der Waals surface area contributed by atoms with E-state index in [0.717, 1.165) is 38.4 Å². The van der Waals surface area contributed by atoms with Crippen molar-refractivity contribution in [3.63, 3.8) is 0 Å². The first-order valence-corrected chi connectivity index (χ1v) is 11.3. The van der Waals surface area contributed by atoms with E-state index in [1.807, 2.05) is 6.92 Å². The highest BCUT2D eigenvalue weighted by atomic mass is 16.5. The molecule has 158 valence electrons. The van der Waals surface area contributed by atoms with Crippen molar-refractivity contribution in [2.75, 3.05) is 32.8 Å². The number of esters is 1. The first kappa shape index (κ1) is 22.7. The maximum Gasteiger partial charge on any atom is 0.307 e. The van der Waals surface area contributed by atoms with Crippen molar-refractivity contribution in [3.8, 4) is 5.75 Å². The van der Waals surface area contributed by atoms with Crippen molar-refractivity contribution < 1.29 is 14.3 Å². The maximum absolute atomic E-state index is 11.6. The van der Waals surface area contributed by atoms with Crippen LogP contribution in [-0.4, -0.2) is 43.7 Å². The van der Waals surface area contributed by atoms with Crippen LogP contribution in [-0.2, 0) is 9.53 Å². The summed E-state index contributed by atoms with van der Waals surface area (Å²) in [5, 5.41) is 0. The number of carbonyl (C=O) groups is 1. The van der Waals surface area contributed by atoms with E-state index < -0.39 is 0 Å². The molecular weight excluding hydrogens is 350 g/mol. The standard InChI is InChI=1S/C24H39NO3/c1-3-5-6-7-8-9-19-28-23-14-12-21(13-15-23)22-11-10-17-25(20-22)18-16-24(26)27-4-2/h12-15,22H,3-11,16-20H2,1-2H3. The number of carbonyl (C=O) groups excluding carboxylic acids is 1. The van der Waals surface area contributed by atoms with Crippen LogP contribution >= 0.6 is 0 Å². The lowest BCUT2D eigenvalue weighted by Gasteiger charge is -2.32. The summed E-state index contributed by atoms with van der Waals surface area (Å²) >= 11 is 0. The van der Waals surface area contributed by atoms with Crippen molar-refractivity contribution in [3.05, 3.63) is 29.8 Å². The van der Waals surface area contributed by atoms with Crippen LogP contribution in [0.25, 0.3) is 0 Å². The third-order valence-electron chi connectivity index (χ3n) is 5.56. The summed E-state index contributed by atoms with van der Waals surface area (Å²) in [5.74, 6) is 1.44. The van der Waals surface area contributed by atoms with Gasteiger partial charge in [0.15, 0.2) is 0 Å². The van der Waals surface area contributed by atoms with Gasteiger partial charge < -0.3 is 14.4 Å². The molecule has 0 bridgehead atoms. The fourth-order valence-corrected chi connectivity index (χ4v) is 3.92. The molecule has 0 aromatic heterocycles. The number of ether oxygens (including phenoxy) is 2. The van der Waals surface area contributed by atoms with E-state index in [1.165, 1.54) is 50.5 Å². The Labute approximate surface area is 171 Å². The zero-order chi connectivity index (χ0) is 20.0. The predicted molar refractivity (Wildman–Crippen MR) is 115 cm³/mol.